The second kappa shape index (κ2) is 7.50. The zero-order valence-electron chi connectivity index (χ0n) is 15.4. The average molecular weight is 388 g/mol. The summed E-state index contributed by atoms with van der Waals surface area (Å²) in [6.07, 6.45) is -4.20. The zero-order chi connectivity index (χ0) is 20.5. The number of para-hydroxylation sites is 1. The number of amides is 1. The molecule has 2 aromatic carbocycles. The quantitative estimate of drug-likeness (QED) is 0.690. The van der Waals surface area contributed by atoms with Crippen LogP contribution in [0.5, 0.6) is 0 Å². The van der Waals surface area contributed by atoms with Crippen LogP contribution in [0, 0.1) is 6.92 Å². The summed E-state index contributed by atoms with van der Waals surface area (Å²) in [7, 11) is 0. The number of alkyl halides is 3. The molecule has 0 bridgehead atoms. The molecule has 3 aromatic rings. The van der Waals surface area contributed by atoms with Gasteiger partial charge in [-0.25, -0.2) is 0 Å². The molecule has 146 valence electrons. The standard InChI is InChI=1S/C21H19F3N2O2/c1-3-17(20(28)25-15-8-6-7-14(12-15)21(22,23)24)26-18-10-5-4-9-16(18)13(2)11-19(26)27/h4-12,17H,3H2,1-2H3,(H,25,28). The van der Waals surface area contributed by atoms with Crippen molar-refractivity contribution in [1.82, 2.24) is 4.57 Å². The average Bonchev–Trinajstić information content (AvgIpc) is 2.64. The summed E-state index contributed by atoms with van der Waals surface area (Å²) in [5.41, 5.74) is 0.254. The van der Waals surface area contributed by atoms with Gasteiger partial charge in [-0.1, -0.05) is 31.2 Å². The first-order valence-corrected chi connectivity index (χ1v) is 8.81. The highest BCUT2D eigenvalue weighted by Gasteiger charge is 2.31. The number of hydrogen-bond acceptors (Lipinski definition) is 2. The first kappa shape index (κ1) is 19.7. The number of carbonyl (C=O) groups excluding carboxylic acids is 1. The molecule has 1 aromatic heterocycles. The van der Waals surface area contributed by atoms with E-state index in [9.17, 15) is 22.8 Å². The number of fused-ring (bicyclic) bond motifs is 1. The summed E-state index contributed by atoms with van der Waals surface area (Å²) in [6.45, 7) is 3.56. The molecule has 0 fully saturated rings. The molecule has 0 saturated carbocycles. The normalized spacial score (nSPS) is 12.8. The Morgan fingerprint density at radius 3 is 2.50 bits per heavy atom. The van der Waals surface area contributed by atoms with Crippen molar-refractivity contribution in [2.45, 2.75) is 32.5 Å². The summed E-state index contributed by atoms with van der Waals surface area (Å²) in [5.74, 6) is -0.544. The number of halogens is 3. The molecule has 0 radical (unpaired) electrons. The highest BCUT2D eigenvalue weighted by molar-refractivity contribution is 5.95. The van der Waals surface area contributed by atoms with Crippen molar-refractivity contribution < 1.29 is 18.0 Å². The van der Waals surface area contributed by atoms with E-state index in [-0.39, 0.29) is 11.2 Å². The summed E-state index contributed by atoms with van der Waals surface area (Å²) in [4.78, 5) is 25.5. The minimum Gasteiger partial charge on any atom is -0.324 e. The van der Waals surface area contributed by atoms with Crippen molar-refractivity contribution in [2.24, 2.45) is 0 Å². The van der Waals surface area contributed by atoms with Gasteiger partial charge in [-0.3, -0.25) is 14.2 Å². The first-order chi connectivity index (χ1) is 13.2. The van der Waals surface area contributed by atoms with E-state index < -0.39 is 23.7 Å². The molecule has 0 aliphatic carbocycles. The molecule has 1 amide bonds. The van der Waals surface area contributed by atoms with Crippen molar-refractivity contribution in [3.8, 4) is 0 Å². The lowest BCUT2D eigenvalue weighted by Gasteiger charge is -2.21. The number of aromatic nitrogens is 1. The maximum absolute atomic E-state index is 12.9. The number of rotatable bonds is 4. The fourth-order valence-electron chi connectivity index (χ4n) is 3.27. The van der Waals surface area contributed by atoms with E-state index in [0.717, 1.165) is 23.1 Å². The summed E-state index contributed by atoms with van der Waals surface area (Å²) < 4.78 is 40.1. The Hall–Kier alpha value is -3.09. The number of nitrogens with one attached hydrogen (secondary N) is 1. The molecule has 0 aliphatic rings. The van der Waals surface area contributed by atoms with Gasteiger partial charge < -0.3 is 5.32 Å². The topological polar surface area (TPSA) is 51.1 Å². The van der Waals surface area contributed by atoms with Crippen LogP contribution in [0.3, 0.4) is 0 Å². The molecule has 0 aliphatic heterocycles. The van der Waals surface area contributed by atoms with Crippen molar-refractivity contribution in [3.05, 3.63) is 76.1 Å². The van der Waals surface area contributed by atoms with Gasteiger partial charge >= 0.3 is 6.18 Å². The predicted molar refractivity (Wildman–Crippen MR) is 102 cm³/mol. The van der Waals surface area contributed by atoms with E-state index in [0.29, 0.717) is 11.9 Å². The Balaban J connectivity index is 2.00. The van der Waals surface area contributed by atoms with Crippen LogP contribution in [0.4, 0.5) is 18.9 Å². The van der Waals surface area contributed by atoms with Gasteiger partial charge in [-0.05, 0) is 43.2 Å². The number of benzene rings is 2. The summed E-state index contributed by atoms with van der Waals surface area (Å²) >= 11 is 0. The van der Waals surface area contributed by atoms with Crippen LogP contribution in [0.2, 0.25) is 0 Å². The zero-order valence-corrected chi connectivity index (χ0v) is 15.4. The van der Waals surface area contributed by atoms with Crippen LogP contribution >= 0.6 is 0 Å². The number of anilines is 1. The molecule has 1 heterocycles. The van der Waals surface area contributed by atoms with Crippen LogP contribution in [-0.2, 0) is 11.0 Å². The van der Waals surface area contributed by atoms with E-state index in [4.69, 9.17) is 0 Å². The summed E-state index contributed by atoms with van der Waals surface area (Å²) in [6, 6.07) is 12.3. The van der Waals surface area contributed by atoms with Crippen molar-refractivity contribution in [2.75, 3.05) is 5.32 Å². The van der Waals surface area contributed by atoms with Gasteiger partial charge in [-0.2, -0.15) is 13.2 Å². The molecular formula is C21H19F3N2O2. The third-order valence-electron chi connectivity index (χ3n) is 4.62. The van der Waals surface area contributed by atoms with Gasteiger partial charge in [0.05, 0.1) is 11.1 Å². The molecule has 3 rings (SSSR count). The summed E-state index contributed by atoms with van der Waals surface area (Å²) in [5, 5.41) is 3.35. The molecule has 1 atom stereocenters. The minimum atomic E-state index is -4.50. The molecule has 1 N–H and O–H groups in total. The maximum Gasteiger partial charge on any atom is 0.416 e. The van der Waals surface area contributed by atoms with Gasteiger partial charge in [0.2, 0.25) is 5.91 Å². The Morgan fingerprint density at radius 1 is 1.11 bits per heavy atom. The van der Waals surface area contributed by atoms with Crippen LogP contribution in [-0.4, -0.2) is 10.5 Å². The van der Waals surface area contributed by atoms with Gasteiger partial charge in [-0.15, -0.1) is 0 Å². The lowest BCUT2D eigenvalue weighted by atomic mass is 10.1. The van der Waals surface area contributed by atoms with Crippen molar-refractivity contribution in [3.63, 3.8) is 0 Å². The van der Waals surface area contributed by atoms with Gasteiger partial charge in [0, 0.05) is 17.1 Å². The van der Waals surface area contributed by atoms with E-state index in [1.54, 1.807) is 19.1 Å². The Labute approximate surface area is 159 Å². The lowest BCUT2D eigenvalue weighted by Crippen LogP contribution is -2.33. The Morgan fingerprint density at radius 2 is 1.82 bits per heavy atom. The van der Waals surface area contributed by atoms with Crippen LogP contribution in [0.15, 0.2) is 59.4 Å². The van der Waals surface area contributed by atoms with Crippen LogP contribution in [0.25, 0.3) is 10.9 Å². The number of carbonyl (C=O) groups is 1. The van der Waals surface area contributed by atoms with E-state index in [2.05, 4.69) is 5.32 Å². The van der Waals surface area contributed by atoms with Crippen molar-refractivity contribution >= 4 is 22.5 Å². The third-order valence-corrected chi connectivity index (χ3v) is 4.62. The fourth-order valence-corrected chi connectivity index (χ4v) is 3.27. The number of pyridine rings is 1. The smallest absolute Gasteiger partial charge is 0.324 e. The van der Waals surface area contributed by atoms with E-state index >= 15 is 0 Å². The highest BCUT2D eigenvalue weighted by Crippen LogP contribution is 2.31. The van der Waals surface area contributed by atoms with E-state index in [1.807, 2.05) is 19.1 Å². The number of aryl methyl sites for hydroxylation is 1. The lowest BCUT2D eigenvalue weighted by molar-refractivity contribution is -0.137. The van der Waals surface area contributed by atoms with Gasteiger partial charge in [0.15, 0.2) is 0 Å². The molecule has 0 spiro atoms. The Kier molecular flexibility index (Phi) is 5.27. The molecule has 1 unspecified atom stereocenters. The second-order valence-corrected chi connectivity index (χ2v) is 6.54. The van der Waals surface area contributed by atoms with Gasteiger partial charge in [0.25, 0.3) is 5.56 Å². The molecule has 0 saturated heterocycles. The third kappa shape index (κ3) is 3.78. The largest absolute Gasteiger partial charge is 0.416 e. The fraction of sp³-hybridized carbons (Fsp3) is 0.238. The maximum atomic E-state index is 12.9. The molecule has 28 heavy (non-hydrogen) atoms. The van der Waals surface area contributed by atoms with Crippen LogP contribution in [0.1, 0.15) is 30.5 Å². The first-order valence-electron chi connectivity index (χ1n) is 8.81. The highest BCUT2D eigenvalue weighted by atomic mass is 19.4. The number of hydrogen-bond donors (Lipinski definition) is 1. The SMILES string of the molecule is CCC(C(=O)Nc1cccc(C(F)(F)F)c1)n1c(=O)cc(C)c2ccccc21. The van der Waals surface area contributed by atoms with E-state index in [1.165, 1.54) is 22.8 Å². The Bertz CT molecular complexity index is 1090. The predicted octanol–water partition coefficient (Wildman–Crippen LogP) is 4.92. The minimum absolute atomic E-state index is 0.0303. The van der Waals surface area contributed by atoms with Crippen molar-refractivity contribution in [1.29, 1.82) is 0 Å². The second-order valence-electron chi connectivity index (χ2n) is 6.54. The van der Waals surface area contributed by atoms with Gasteiger partial charge in [0.1, 0.15) is 6.04 Å². The number of nitrogens with zero attached hydrogens (tertiary/aromatic N) is 1. The molecule has 4 nitrogen and oxygen atoms in total. The van der Waals surface area contributed by atoms with Crippen LogP contribution < -0.4 is 10.9 Å². The monoisotopic (exact) mass is 388 g/mol. The molecular weight excluding hydrogens is 369 g/mol. The molecule has 7 heteroatoms.